The summed E-state index contributed by atoms with van der Waals surface area (Å²) < 4.78 is 23.1. The van der Waals surface area contributed by atoms with Crippen molar-refractivity contribution in [3.8, 4) is 0 Å². The quantitative estimate of drug-likeness (QED) is 0.521. The van der Waals surface area contributed by atoms with E-state index in [4.69, 9.17) is 0 Å². The lowest BCUT2D eigenvalue weighted by atomic mass is 10.3. The van der Waals surface area contributed by atoms with Crippen LogP contribution in [0.5, 0.6) is 0 Å². The summed E-state index contributed by atoms with van der Waals surface area (Å²) in [6, 6.07) is -0.939. The summed E-state index contributed by atoms with van der Waals surface area (Å²) in [5.41, 5.74) is 0. The third-order valence-electron chi connectivity index (χ3n) is 1.16. The molecule has 14 heavy (non-hydrogen) atoms. The number of rotatable bonds is 4. The normalized spacial score (nSPS) is 13.1. The van der Waals surface area contributed by atoms with E-state index in [1.54, 1.807) is 4.72 Å². The summed E-state index contributed by atoms with van der Waals surface area (Å²) in [4.78, 5) is 21.8. The summed E-state index contributed by atoms with van der Waals surface area (Å²) in [7, 11) is -3.60. The van der Waals surface area contributed by atoms with Crippen LogP contribution in [-0.2, 0) is 19.6 Å². The van der Waals surface area contributed by atoms with Crippen LogP contribution in [0, 0.1) is 0 Å². The van der Waals surface area contributed by atoms with Crippen LogP contribution in [0.15, 0.2) is 0 Å². The molecule has 6 nitrogen and oxygen atoms in total. The van der Waals surface area contributed by atoms with Crippen LogP contribution in [0.1, 0.15) is 6.92 Å². The third kappa shape index (κ3) is 5.81. The van der Waals surface area contributed by atoms with E-state index in [0.29, 0.717) is 0 Å². The Labute approximate surface area is 87.9 Å². The zero-order chi connectivity index (χ0) is 11.4. The van der Waals surface area contributed by atoms with Gasteiger partial charge in [-0.1, -0.05) is 0 Å². The Hall–Kier alpha value is -0.760. The second-order valence-corrected chi connectivity index (χ2v) is 4.79. The van der Waals surface area contributed by atoms with Crippen molar-refractivity contribution in [1.29, 1.82) is 0 Å². The number of sulfonamides is 1. The predicted octanol–water partition coefficient (Wildman–Crippen LogP) is -1.50. The van der Waals surface area contributed by atoms with Crippen molar-refractivity contribution < 1.29 is 18.0 Å². The Morgan fingerprint density at radius 3 is 2.21 bits per heavy atom. The van der Waals surface area contributed by atoms with Crippen LogP contribution in [0.25, 0.3) is 0 Å². The molecule has 0 saturated carbocycles. The van der Waals surface area contributed by atoms with Crippen molar-refractivity contribution >= 4 is 34.5 Å². The topological polar surface area (TPSA) is 92.3 Å². The van der Waals surface area contributed by atoms with Gasteiger partial charge < -0.3 is 5.32 Å². The van der Waals surface area contributed by atoms with E-state index in [-0.39, 0.29) is 5.75 Å². The van der Waals surface area contributed by atoms with Gasteiger partial charge >= 0.3 is 0 Å². The molecule has 0 saturated heterocycles. The molecule has 0 aliphatic carbocycles. The predicted molar refractivity (Wildman–Crippen MR) is 54.4 cm³/mol. The standard InChI is InChI=1S/C6H12N2O4S2/c1-4(9)7-5(3-13)6(10)8-14(2,11)12/h5,13H,3H2,1-2H3,(H,7,9)(H,8,10). The third-order valence-corrected chi connectivity index (χ3v) is 2.10. The molecule has 0 rings (SSSR count). The zero-order valence-corrected chi connectivity index (χ0v) is 9.48. The molecule has 0 spiro atoms. The highest BCUT2D eigenvalue weighted by molar-refractivity contribution is 7.89. The average molecular weight is 240 g/mol. The van der Waals surface area contributed by atoms with Crippen LogP contribution >= 0.6 is 12.6 Å². The Kier molecular flexibility index (Phi) is 4.92. The van der Waals surface area contributed by atoms with Crippen LogP contribution in [0.3, 0.4) is 0 Å². The Morgan fingerprint density at radius 2 is 1.93 bits per heavy atom. The van der Waals surface area contributed by atoms with Crippen LogP contribution in [0.2, 0.25) is 0 Å². The summed E-state index contributed by atoms with van der Waals surface area (Å²) >= 11 is 3.81. The second kappa shape index (κ2) is 5.20. The van der Waals surface area contributed by atoms with Gasteiger partial charge in [-0.3, -0.25) is 14.3 Å². The van der Waals surface area contributed by atoms with Crippen LogP contribution < -0.4 is 10.0 Å². The molecule has 0 bridgehead atoms. The molecule has 0 aliphatic rings. The van der Waals surface area contributed by atoms with Gasteiger partial charge in [0.2, 0.25) is 15.9 Å². The monoisotopic (exact) mass is 240 g/mol. The minimum Gasteiger partial charge on any atom is -0.344 e. The number of carbonyl (C=O) groups is 2. The van der Waals surface area contributed by atoms with Gasteiger partial charge in [-0.25, -0.2) is 8.42 Å². The fraction of sp³-hybridized carbons (Fsp3) is 0.667. The van der Waals surface area contributed by atoms with E-state index in [2.05, 4.69) is 17.9 Å². The van der Waals surface area contributed by atoms with Gasteiger partial charge in [-0.2, -0.15) is 12.6 Å². The Balaban J connectivity index is 4.40. The highest BCUT2D eigenvalue weighted by Crippen LogP contribution is 1.90. The van der Waals surface area contributed by atoms with Crippen molar-refractivity contribution in [3.05, 3.63) is 0 Å². The molecule has 1 unspecified atom stereocenters. The first-order valence-electron chi connectivity index (χ1n) is 3.66. The van der Waals surface area contributed by atoms with Gasteiger partial charge in [-0.15, -0.1) is 0 Å². The Bertz CT molecular complexity index is 325. The minimum absolute atomic E-state index is 0.0287. The van der Waals surface area contributed by atoms with E-state index in [1.807, 2.05) is 0 Å². The lowest BCUT2D eigenvalue weighted by Crippen LogP contribution is -2.48. The smallest absolute Gasteiger partial charge is 0.256 e. The highest BCUT2D eigenvalue weighted by atomic mass is 32.2. The van der Waals surface area contributed by atoms with E-state index in [9.17, 15) is 18.0 Å². The average Bonchev–Trinajstić information content (AvgIpc) is 1.96. The van der Waals surface area contributed by atoms with Crippen molar-refractivity contribution in [1.82, 2.24) is 10.0 Å². The first-order valence-corrected chi connectivity index (χ1v) is 6.18. The zero-order valence-electron chi connectivity index (χ0n) is 7.77. The van der Waals surface area contributed by atoms with Gasteiger partial charge in [0, 0.05) is 12.7 Å². The van der Waals surface area contributed by atoms with Gasteiger partial charge in [-0.05, 0) is 0 Å². The fourth-order valence-electron chi connectivity index (χ4n) is 0.693. The molecule has 1 atom stereocenters. The molecule has 0 aromatic heterocycles. The number of thiol groups is 1. The number of nitrogens with one attached hydrogen (secondary N) is 2. The summed E-state index contributed by atoms with van der Waals surface area (Å²) in [6.45, 7) is 1.23. The second-order valence-electron chi connectivity index (χ2n) is 2.67. The van der Waals surface area contributed by atoms with Crippen molar-refractivity contribution in [2.24, 2.45) is 0 Å². The molecule has 0 aromatic carbocycles. The maximum atomic E-state index is 11.2. The highest BCUT2D eigenvalue weighted by Gasteiger charge is 2.20. The van der Waals surface area contributed by atoms with Crippen LogP contribution in [-0.4, -0.2) is 38.3 Å². The largest absolute Gasteiger partial charge is 0.344 e. The molecule has 2 N–H and O–H groups in total. The first-order chi connectivity index (χ1) is 6.26. The molecular formula is C6H12N2O4S2. The molecule has 82 valence electrons. The molecule has 0 aromatic rings. The molecule has 0 fully saturated rings. The van der Waals surface area contributed by atoms with E-state index < -0.39 is 27.9 Å². The van der Waals surface area contributed by atoms with E-state index in [1.165, 1.54) is 6.92 Å². The summed E-state index contributed by atoms with van der Waals surface area (Å²) in [5, 5.41) is 2.26. The summed E-state index contributed by atoms with van der Waals surface area (Å²) in [6.07, 6.45) is 0.855. The lowest BCUT2D eigenvalue weighted by molar-refractivity contribution is -0.126. The SMILES string of the molecule is CC(=O)NC(CS)C(=O)NS(C)(=O)=O. The van der Waals surface area contributed by atoms with Gasteiger partial charge in [0.05, 0.1) is 6.26 Å². The van der Waals surface area contributed by atoms with Crippen molar-refractivity contribution in [2.75, 3.05) is 12.0 Å². The van der Waals surface area contributed by atoms with Crippen LogP contribution in [0.4, 0.5) is 0 Å². The maximum absolute atomic E-state index is 11.2. The number of hydrogen-bond donors (Lipinski definition) is 3. The first kappa shape index (κ1) is 13.2. The van der Waals surface area contributed by atoms with Gasteiger partial charge in [0.15, 0.2) is 0 Å². The van der Waals surface area contributed by atoms with Gasteiger partial charge in [0.25, 0.3) is 5.91 Å². The lowest BCUT2D eigenvalue weighted by Gasteiger charge is -2.13. The molecule has 0 heterocycles. The number of hydrogen-bond acceptors (Lipinski definition) is 5. The number of amides is 2. The van der Waals surface area contributed by atoms with Gasteiger partial charge in [0.1, 0.15) is 6.04 Å². The van der Waals surface area contributed by atoms with Crippen molar-refractivity contribution in [3.63, 3.8) is 0 Å². The molecule has 2 amide bonds. The molecular weight excluding hydrogens is 228 g/mol. The maximum Gasteiger partial charge on any atom is 0.256 e. The minimum atomic E-state index is -3.60. The van der Waals surface area contributed by atoms with E-state index in [0.717, 1.165) is 6.26 Å². The Morgan fingerprint density at radius 1 is 1.43 bits per heavy atom. The van der Waals surface area contributed by atoms with E-state index >= 15 is 0 Å². The number of carbonyl (C=O) groups excluding carboxylic acids is 2. The molecule has 8 heteroatoms. The molecule has 0 aliphatic heterocycles. The summed E-state index contributed by atoms with van der Waals surface area (Å²) in [5.74, 6) is -1.19. The van der Waals surface area contributed by atoms with Crippen molar-refractivity contribution in [2.45, 2.75) is 13.0 Å². The fourth-order valence-corrected chi connectivity index (χ4v) is 1.46. The molecule has 0 radical (unpaired) electrons.